The Bertz CT molecular complexity index is 384. The van der Waals surface area contributed by atoms with Crippen LogP contribution in [0.1, 0.15) is 0 Å². The van der Waals surface area contributed by atoms with Crippen molar-refractivity contribution in [2.45, 2.75) is 0 Å². The third-order valence-corrected chi connectivity index (χ3v) is 1.53. The maximum Gasteiger partial charge on any atom is 0.116 e. The summed E-state index contributed by atoms with van der Waals surface area (Å²) in [7, 11) is 0. The highest BCUT2D eigenvalue weighted by molar-refractivity contribution is 5.79. The van der Waals surface area contributed by atoms with Gasteiger partial charge in [-0.2, -0.15) is 0 Å². The zero-order valence-corrected chi connectivity index (χ0v) is 5.78. The van der Waals surface area contributed by atoms with Crippen molar-refractivity contribution < 1.29 is 5.11 Å². The van der Waals surface area contributed by atoms with Gasteiger partial charge in [-0.05, 0) is 24.3 Å². The van der Waals surface area contributed by atoms with E-state index < -0.39 is 0 Å². The largest absolute Gasteiger partial charge is 0.508 e. The van der Waals surface area contributed by atoms with Crippen LogP contribution in [0.2, 0.25) is 0 Å². The smallest absolute Gasteiger partial charge is 0.116 e. The molecule has 0 saturated heterocycles. The Morgan fingerprint density at radius 1 is 1.36 bits per heavy atom. The maximum atomic E-state index is 9.09. The van der Waals surface area contributed by atoms with Gasteiger partial charge >= 0.3 is 0 Å². The fourth-order valence-corrected chi connectivity index (χ4v) is 1.01. The topological polar surface area (TPSA) is 33.1 Å². The summed E-state index contributed by atoms with van der Waals surface area (Å²) in [6.45, 7) is 0. The van der Waals surface area contributed by atoms with E-state index in [1.807, 2.05) is 0 Å². The Morgan fingerprint density at radius 3 is 3.18 bits per heavy atom. The van der Waals surface area contributed by atoms with Gasteiger partial charge in [0.25, 0.3) is 0 Å². The van der Waals surface area contributed by atoms with Crippen LogP contribution in [0.15, 0.2) is 30.5 Å². The molecular formula is C9H6NO. The van der Waals surface area contributed by atoms with Gasteiger partial charge in [0.2, 0.25) is 0 Å². The van der Waals surface area contributed by atoms with Crippen LogP contribution in [0.3, 0.4) is 0 Å². The zero-order valence-electron chi connectivity index (χ0n) is 5.78. The van der Waals surface area contributed by atoms with Gasteiger partial charge in [-0.1, -0.05) is 0 Å². The van der Waals surface area contributed by atoms with E-state index in [1.54, 1.807) is 30.5 Å². The third-order valence-electron chi connectivity index (χ3n) is 1.53. The predicted molar refractivity (Wildman–Crippen MR) is 42.2 cm³/mol. The molecule has 0 aliphatic heterocycles. The Kier molecular flexibility index (Phi) is 1.25. The summed E-state index contributed by atoms with van der Waals surface area (Å²) in [5.74, 6) is 0.263. The van der Waals surface area contributed by atoms with Crippen LogP contribution in [0.25, 0.3) is 10.9 Å². The van der Waals surface area contributed by atoms with Crippen molar-refractivity contribution in [1.29, 1.82) is 0 Å². The molecule has 0 amide bonds. The molecule has 1 aromatic carbocycles. The fraction of sp³-hybridized carbons (Fsp3) is 0. The van der Waals surface area contributed by atoms with Crippen molar-refractivity contribution in [3.8, 4) is 5.75 Å². The van der Waals surface area contributed by atoms with Gasteiger partial charge in [0.15, 0.2) is 0 Å². The Balaban J connectivity index is 2.83. The van der Waals surface area contributed by atoms with Gasteiger partial charge in [-0.25, -0.2) is 0 Å². The lowest BCUT2D eigenvalue weighted by Crippen LogP contribution is -1.75. The number of phenolic OH excluding ortho intramolecular Hbond substituents is 1. The normalized spacial score (nSPS) is 10.2. The quantitative estimate of drug-likeness (QED) is 0.611. The van der Waals surface area contributed by atoms with Gasteiger partial charge in [-0.15, -0.1) is 0 Å². The van der Waals surface area contributed by atoms with Gasteiger partial charge in [-0.3, -0.25) is 4.98 Å². The molecule has 1 heterocycles. The molecule has 2 aromatic rings. The first-order valence-corrected chi connectivity index (χ1v) is 3.31. The molecule has 0 atom stereocenters. The highest BCUT2D eigenvalue weighted by atomic mass is 16.3. The number of hydrogen-bond acceptors (Lipinski definition) is 2. The summed E-state index contributed by atoms with van der Waals surface area (Å²) >= 11 is 0. The number of hydrogen-bond donors (Lipinski definition) is 1. The Hall–Kier alpha value is -1.57. The van der Waals surface area contributed by atoms with Crippen LogP contribution >= 0.6 is 0 Å². The number of pyridine rings is 1. The Morgan fingerprint density at radius 2 is 2.27 bits per heavy atom. The number of aromatic hydroxyl groups is 1. The molecule has 2 heteroatoms. The maximum absolute atomic E-state index is 9.09. The molecule has 0 fully saturated rings. The van der Waals surface area contributed by atoms with E-state index in [2.05, 4.69) is 11.1 Å². The monoisotopic (exact) mass is 144 g/mol. The lowest BCUT2D eigenvalue weighted by molar-refractivity contribution is 0.476. The molecule has 1 aromatic heterocycles. The van der Waals surface area contributed by atoms with Crippen LogP contribution in [0.5, 0.6) is 5.75 Å². The molecule has 2 rings (SSSR count). The third kappa shape index (κ3) is 1.03. The van der Waals surface area contributed by atoms with E-state index in [-0.39, 0.29) is 5.75 Å². The van der Waals surface area contributed by atoms with Crippen molar-refractivity contribution in [3.05, 3.63) is 36.5 Å². The first-order chi connectivity index (χ1) is 5.36. The molecule has 1 radical (unpaired) electrons. The number of rotatable bonds is 0. The average Bonchev–Trinajstić information content (AvgIpc) is 2.04. The summed E-state index contributed by atoms with van der Waals surface area (Å²) in [4.78, 5) is 4.06. The van der Waals surface area contributed by atoms with Gasteiger partial charge < -0.3 is 5.11 Å². The predicted octanol–water partition coefficient (Wildman–Crippen LogP) is 1.74. The summed E-state index contributed by atoms with van der Waals surface area (Å²) < 4.78 is 0. The number of aromatic nitrogens is 1. The SMILES string of the molecule is Oc1ccc2nc[c]cc2c1. The van der Waals surface area contributed by atoms with Crippen molar-refractivity contribution >= 4 is 10.9 Å². The summed E-state index contributed by atoms with van der Waals surface area (Å²) in [5.41, 5.74) is 0.876. The molecule has 0 bridgehead atoms. The zero-order chi connectivity index (χ0) is 7.68. The van der Waals surface area contributed by atoms with E-state index in [0.717, 1.165) is 10.9 Å². The van der Waals surface area contributed by atoms with Crippen LogP contribution in [-0.2, 0) is 0 Å². The fourth-order valence-electron chi connectivity index (χ4n) is 1.01. The lowest BCUT2D eigenvalue weighted by atomic mass is 10.2. The first kappa shape index (κ1) is 6.16. The van der Waals surface area contributed by atoms with Gasteiger partial charge in [0, 0.05) is 17.6 Å². The second kappa shape index (κ2) is 2.23. The minimum absolute atomic E-state index is 0.263. The van der Waals surface area contributed by atoms with Crippen LogP contribution in [-0.4, -0.2) is 10.1 Å². The van der Waals surface area contributed by atoms with E-state index in [1.165, 1.54) is 0 Å². The lowest BCUT2D eigenvalue weighted by Gasteiger charge is -1.94. The van der Waals surface area contributed by atoms with Crippen molar-refractivity contribution in [2.75, 3.05) is 0 Å². The van der Waals surface area contributed by atoms with Crippen molar-refractivity contribution in [2.24, 2.45) is 0 Å². The molecule has 53 valence electrons. The number of fused-ring (bicyclic) bond motifs is 1. The van der Waals surface area contributed by atoms with E-state index in [4.69, 9.17) is 5.11 Å². The van der Waals surface area contributed by atoms with Gasteiger partial charge in [0.1, 0.15) is 5.75 Å². The van der Waals surface area contributed by atoms with E-state index >= 15 is 0 Å². The van der Waals surface area contributed by atoms with Gasteiger partial charge in [0.05, 0.1) is 5.52 Å². The molecule has 1 N–H and O–H groups in total. The van der Waals surface area contributed by atoms with Crippen molar-refractivity contribution in [1.82, 2.24) is 4.98 Å². The Labute approximate surface area is 64.1 Å². The minimum Gasteiger partial charge on any atom is -0.508 e. The van der Waals surface area contributed by atoms with Crippen LogP contribution in [0.4, 0.5) is 0 Å². The highest BCUT2D eigenvalue weighted by Gasteiger charge is 1.92. The van der Waals surface area contributed by atoms with Crippen LogP contribution < -0.4 is 0 Å². The number of benzene rings is 1. The molecule has 0 saturated carbocycles. The molecule has 11 heavy (non-hydrogen) atoms. The first-order valence-electron chi connectivity index (χ1n) is 3.31. The molecule has 0 aliphatic carbocycles. The molecule has 2 nitrogen and oxygen atoms in total. The number of phenols is 1. The molecular weight excluding hydrogens is 138 g/mol. The average molecular weight is 144 g/mol. The van der Waals surface area contributed by atoms with Crippen LogP contribution in [0, 0.1) is 6.07 Å². The summed E-state index contributed by atoms with van der Waals surface area (Å²) in [5, 5.41) is 10.00. The molecule has 0 spiro atoms. The second-order valence-corrected chi connectivity index (χ2v) is 2.31. The highest BCUT2D eigenvalue weighted by Crippen LogP contribution is 2.16. The second-order valence-electron chi connectivity index (χ2n) is 2.31. The van der Waals surface area contributed by atoms with E-state index in [0.29, 0.717) is 0 Å². The van der Waals surface area contributed by atoms with E-state index in [9.17, 15) is 0 Å². The molecule has 0 aliphatic rings. The number of nitrogens with zero attached hydrogens (tertiary/aromatic N) is 1. The standard InChI is InChI=1S/C9H6NO/c11-8-3-4-9-7(6-8)2-1-5-10-9/h2-6,11H. The summed E-state index contributed by atoms with van der Waals surface area (Å²) in [6.07, 6.45) is 1.61. The minimum atomic E-state index is 0.263. The molecule has 0 unspecified atom stereocenters. The summed E-state index contributed by atoms with van der Waals surface area (Å²) in [6, 6.07) is 9.70. The van der Waals surface area contributed by atoms with Crippen molar-refractivity contribution in [3.63, 3.8) is 0 Å².